The smallest absolute Gasteiger partial charge is 0.251 e. The van der Waals surface area contributed by atoms with Gasteiger partial charge in [-0.15, -0.1) is 24.0 Å². The van der Waals surface area contributed by atoms with E-state index >= 15 is 0 Å². The third-order valence-corrected chi connectivity index (χ3v) is 4.21. The van der Waals surface area contributed by atoms with E-state index in [1.54, 1.807) is 0 Å². The van der Waals surface area contributed by atoms with Crippen LogP contribution in [-0.4, -0.2) is 31.6 Å². The fourth-order valence-electron chi connectivity index (χ4n) is 2.79. The summed E-state index contributed by atoms with van der Waals surface area (Å²) in [5.41, 5.74) is 2.73. The Kier molecular flexibility index (Phi) is 12.6. The molecule has 0 saturated heterocycles. The van der Waals surface area contributed by atoms with Crippen molar-refractivity contribution in [2.45, 2.75) is 40.3 Å². The molecule has 2 aromatic rings. The minimum absolute atomic E-state index is 0. The number of hydrogen-bond donors (Lipinski definition) is 3. The zero-order chi connectivity index (χ0) is 20.9. The average Bonchev–Trinajstić information content (AvgIpc) is 2.75. The van der Waals surface area contributed by atoms with E-state index in [-0.39, 0.29) is 29.9 Å². The highest BCUT2D eigenvalue weighted by Gasteiger charge is 2.06. The number of carbonyl (C=O) groups is 1. The highest BCUT2D eigenvalue weighted by Crippen LogP contribution is 2.17. The van der Waals surface area contributed by atoms with Crippen molar-refractivity contribution in [3.63, 3.8) is 0 Å². The molecule has 0 unspecified atom stereocenters. The first-order valence-corrected chi connectivity index (χ1v) is 10.3. The van der Waals surface area contributed by atoms with E-state index in [0.717, 1.165) is 35.8 Å². The van der Waals surface area contributed by atoms with Gasteiger partial charge in [-0.05, 0) is 44.0 Å². The highest BCUT2D eigenvalue weighted by atomic mass is 127. The summed E-state index contributed by atoms with van der Waals surface area (Å²) in [4.78, 5) is 16.8. The summed E-state index contributed by atoms with van der Waals surface area (Å²) < 4.78 is 5.68. The number of hydrogen-bond acceptors (Lipinski definition) is 3. The lowest BCUT2D eigenvalue weighted by atomic mass is 10.1. The largest absolute Gasteiger partial charge is 0.494 e. The molecule has 30 heavy (non-hydrogen) atoms. The number of nitrogens with zero attached hydrogens (tertiary/aromatic N) is 1. The van der Waals surface area contributed by atoms with Crippen LogP contribution in [0.25, 0.3) is 0 Å². The van der Waals surface area contributed by atoms with Crippen LogP contribution in [0.4, 0.5) is 0 Å². The molecule has 0 aliphatic carbocycles. The maximum Gasteiger partial charge on any atom is 0.251 e. The Morgan fingerprint density at radius 3 is 2.53 bits per heavy atom. The number of nitrogens with one attached hydrogen (secondary N) is 3. The Labute approximate surface area is 196 Å². The van der Waals surface area contributed by atoms with Crippen LogP contribution in [-0.2, 0) is 13.1 Å². The van der Waals surface area contributed by atoms with E-state index in [1.807, 2.05) is 69.3 Å². The van der Waals surface area contributed by atoms with Gasteiger partial charge in [-0.3, -0.25) is 4.79 Å². The molecule has 0 atom stereocenters. The lowest BCUT2D eigenvalue weighted by Crippen LogP contribution is -2.36. The van der Waals surface area contributed by atoms with Gasteiger partial charge >= 0.3 is 0 Å². The fourth-order valence-corrected chi connectivity index (χ4v) is 2.79. The molecule has 2 aromatic carbocycles. The van der Waals surface area contributed by atoms with Crippen molar-refractivity contribution in [3.05, 3.63) is 65.2 Å². The molecular formula is C23H33IN4O2. The summed E-state index contributed by atoms with van der Waals surface area (Å²) in [6.07, 6.45) is 0.917. The topological polar surface area (TPSA) is 74.8 Å². The first-order valence-electron chi connectivity index (χ1n) is 10.3. The zero-order valence-electron chi connectivity index (χ0n) is 18.0. The summed E-state index contributed by atoms with van der Waals surface area (Å²) in [6, 6.07) is 15.6. The number of para-hydroxylation sites is 1. The second-order valence-electron chi connectivity index (χ2n) is 6.55. The Balaban J connectivity index is 0.00000450. The molecule has 1 amide bonds. The van der Waals surface area contributed by atoms with Crippen LogP contribution in [0.15, 0.2) is 53.5 Å². The molecule has 0 saturated carbocycles. The first-order chi connectivity index (χ1) is 14.2. The normalized spacial score (nSPS) is 10.7. The van der Waals surface area contributed by atoms with Crippen LogP contribution in [0.5, 0.6) is 5.75 Å². The van der Waals surface area contributed by atoms with Gasteiger partial charge in [0.2, 0.25) is 0 Å². The number of benzene rings is 2. The van der Waals surface area contributed by atoms with Gasteiger partial charge in [-0.2, -0.15) is 0 Å². The monoisotopic (exact) mass is 524 g/mol. The van der Waals surface area contributed by atoms with Crippen LogP contribution < -0.4 is 20.7 Å². The van der Waals surface area contributed by atoms with Crippen molar-refractivity contribution in [1.82, 2.24) is 16.0 Å². The molecule has 6 nitrogen and oxygen atoms in total. The molecule has 0 radical (unpaired) electrons. The summed E-state index contributed by atoms with van der Waals surface area (Å²) in [7, 11) is 0. The van der Waals surface area contributed by atoms with Crippen molar-refractivity contribution >= 4 is 35.8 Å². The number of halogens is 1. The van der Waals surface area contributed by atoms with E-state index in [2.05, 4.69) is 20.9 Å². The van der Waals surface area contributed by atoms with E-state index in [4.69, 9.17) is 4.74 Å². The predicted octanol–water partition coefficient (Wildman–Crippen LogP) is 4.10. The van der Waals surface area contributed by atoms with Gasteiger partial charge in [-0.25, -0.2) is 4.99 Å². The van der Waals surface area contributed by atoms with Crippen molar-refractivity contribution in [2.24, 2.45) is 4.99 Å². The van der Waals surface area contributed by atoms with Crippen molar-refractivity contribution < 1.29 is 9.53 Å². The fraction of sp³-hybridized carbons (Fsp3) is 0.391. The van der Waals surface area contributed by atoms with E-state index in [0.29, 0.717) is 31.8 Å². The van der Waals surface area contributed by atoms with Gasteiger partial charge in [-0.1, -0.05) is 37.3 Å². The van der Waals surface area contributed by atoms with Gasteiger partial charge in [0.15, 0.2) is 5.96 Å². The van der Waals surface area contributed by atoms with Gasteiger partial charge in [0.05, 0.1) is 13.2 Å². The Morgan fingerprint density at radius 2 is 1.80 bits per heavy atom. The number of rotatable bonds is 10. The molecule has 0 fully saturated rings. The van der Waals surface area contributed by atoms with Crippen LogP contribution >= 0.6 is 24.0 Å². The summed E-state index contributed by atoms with van der Waals surface area (Å²) >= 11 is 0. The molecule has 164 valence electrons. The molecule has 0 spiro atoms. The second kappa shape index (κ2) is 14.7. The lowest BCUT2D eigenvalue weighted by molar-refractivity contribution is 0.0953. The maximum absolute atomic E-state index is 12.2. The van der Waals surface area contributed by atoms with Crippen LogP contribution in [0.3, 0.4) is 0 Å². The van der Waals surface area contributed by atoms with Gasteiger partial charge < -0.3 is 20.7 Å². The number of aliphatic imine (C=N–C) groups is 1. The quantitative estimate of drug-likeness (QED) is 0.249. The summed E-state index contributed by atoms with van der Waals surface area (Å²) in [5.74, 6) is 1.55. The molecule has 0 aliphatic heterocycles. The molecule has 7 heteroatoms. The predicted molar refractivity (Wildman–Crippen MR) is 134 cm³/mol. The van der Waals surface area contributed by atoms with Crippen molar-refractivity contribution in [1.29, 1.82) is 0 Å². The van der Waals surface area contributed by atoms with Gasteiger partial charge in [0, 0.05) is 30.8 Å². The second-order valence-corrected chi connectivity index (χ2v) is 6.55. The third kappa shape index (κ3) is 8.61. The van der Waals surface area contributed by atoms with Gasteiger partial charge in [0.25, 0.3) is 5.91 Å². The molecular weight excluding hydrogens is 491 g/mol. The van der Waals surface area contributed by atoms with E-state index in [9.17, 15) is 4.79 Å². The number of guanidine groups is 1. The van der Waals surface area contributed by atoms with Crippen LogP contribution in [0, 0.1) is 0 Å². The number of amides is 1. The lowest BCUT2D eigenvalue weighted by Gasteiger charge is -2.14. The standard InChI is InChI=1S/C23H32N4O2.HI/c1-4-14-25-22(28)19-12-9-10-18(15-19)16-26-23(24-5-2)27-17-20-11-7-8-13-21(20)29-6-3;/h7-13,15H,4-6,14,16-17H2,1-3H3,(H,25,28)(H2,24,26,27);1H. The zero-order valence-corrected chi connectivity index (χ0v) is 20.4. The molecule has 0 bridgehead atoms. The minimum atomic E-state index is -0.0461. The Morgan fingerprint density at radius 1 is 1.00 bits per heavy atom. The molecule has 0 aliphatic rings. The van der Waals surface area contributed by atoms with Crippen LogP contribution in [0.1, 0.15) is 48.7 Å². The minimum Gasteiger partial charge on any atom is -0.494 e. The maximum atomic E-state index is 12.2. The van der Waals surface area contributed by atoms with Crippen molar-refractivity contribution in [3.8, 4) is 5.75 Å². The number of carbonyl (C=O) groups excluding carboxylic acids is 1. The van der Waals surface area contributed by atoms with Crippen LogP contribution in [0.2, 0.25) is 0 Å². The SMILES string of the molecule is CCCNC(=O)c1cccc(CN=C(NCC)NCc2ccccc2OCC)c1.I. The summed E-state index contributed by atoms with van der Waals surface area (Å²) in [5, 5.41) is 9.51. The molecule has 0 aromatic heterocycles. The molecule has 2 rings (SSSR count). The molecule has 0 heterocycles. The first kappa shape index (κ1) is 25.7. The number of ether oxygens (including phenoxy) is 1. The van der Waals surface area contributed by atoms with E-state index < -0.39 is 0 Å². The van der Waals surface area contributed by atoms with Gasteiger partial charge in [0.1, 0.15) is 5.75 Å². The molecule has 3 N–H and O–H groups in total. The van der Waals surface area contributed by atoms with E-state index in [1.165, 1.54) is 0 Å². The Hall–Kier alpha value is -2.29. The third-order valence-electron chi connectivity index (χ3n) is 4.21. The summed E-state index contributed by atoms with van der Waals surface area (Å²) in [6.45, 7) is 9.22. The Bertz CT molecular complexity index is 811. The highest BCUT2D eigenvalue weighted by molar-refractivity contribution is 14.0. The average molecular weight is 524 g/mol. The van der Waals surface area contributed by atoms with Crippen molar-refractivity contribution in [2.75, 3.05) is 19.7 Å².